The average Bonchev–Trinajstić information content (AvgIpc) is 2.28. The van der Waals surface area contributed by atoms with Crippen LogP contribution >= 0.6 is 0 Å². The number of rotatable bonds is 1. The maximum atomic E-state index is 13.6. The van der Waals surface area contributed by atoms with Crippen LogP contribution in [0.5, 0.6) is 5.75 Å². The van der Waals surface area contributed by atoms with Gasteiger partial charge >= 0.3 is 0 Å². The van der Waals surface area contributed by atoms with Gasteiger partial charge in [0, 0.05) is 5.56 Å². The number of phenolic OH excluding ortho intramolecular Hbond substituents is 1. The van der Waals surface area contributed by atoms with Gasteiger partial charge in [-0.15, -0.1) is 0 Å². The van der Waals surface area contributed by atoms with Crippen molar-refractivity contribution in [1.29, 1.82) is 0 Å². The van der Waals surface area contributed by atoms with Crippen LogP contribution in [-0.2, 0) is 0 Å². The molecule has 0 fully saturated rings. The molecule has 3 heteroatoms. The standard InChI is InChI=1S/C13H10F2O/c1-8-4-2-3-5-9(8)10-6-7-11(16)13(15)12(10)14/h2-7,16H,1H3. The molecule has 0 aromatic heterocycles. The second kappa shape index (κ2) is 3.93. The monoisotopic (exact) mass is 220 g/mol. The van der Waals surface area contributed by atoms with Crippen LogP contribution in [0.2, 0.25) is 0 Å². The van der Waals surface area contributed by atoms with Gasteiger partial charge < -0.3 is 5.11 Å². The quantitative estimate of drug-likeness (QED) is 0.777. The Morgan fingerprint density at radius 3 is 2.25 bits per heavy atom. The summed E-state index contributed by atoms with van der Waals surface area (Å²) in [5, 5.41) is 9.03. The van der Waals surface area contributed by atoms with Crippen molar-refractivity contribution in [3.63, 3.8) is 0 Å². The predicted molar refractivity (Wildman–Crippen MR) is 58.2 cm³/mol. The van der Waals surface area contributed by atoms with Gasteiger partial charge in [0.15, 0.2) is 11.6 Å². The van der Waals surface area contributed by atoms with E-state index < -0.39 is 17.4 Å². The summed E-state index contributed by atoms with van der Waals surface area (Å²) in [6.45, 7) is 1.82. The summed E-state index contributed by atoms with van der Waals surface area (Å²) < 4.78 is 26.8. The molecule has 1 nitrogen and oxygen atoms in total. The normalized spacial score (nSPS) is 10.4. The minimum atomic E-state index is -1.21. The zero-order valence-electron chi connectivity index (χ0n) is 8.67. The molecule has 0 amide bonds. The molecule has 0 spiro atoms. The summed E-state index contributed by atoms with van der Waals surface area (Å²) >= 11 is 0. The molecule has 82 valence electrons. The molecule has 0 aliphatic heterocycles. The molecule has 0 saturated carbocycles. The third-order valence-corrected chi connectivity index (χ3v) is 2.50. The van der Waals surface area contributed by atoms with E-state index in [-0.39, 0.29) is 5.56 Å². The molecule has 2 aromatic carbocycles. The fourth-order valence-electron chi connectivity index (χ4n) is 1.62. The van der Waals surface area contributed by atoms with Crippen LogP contribution in [0.1, 0.15) is 5.56 Å². The van der Waals surface area contributed by atoms with Crippen LogP contribution in [-0.4, -0.2) is 5.11 Å². The highest BCUT2D eigenvalue weighted by Crippen LogP contribution is 2.30. The molecule has 0 saturated heterocycles. The van der Waals surface area contributed by atoms with Gasteiger partial charge in [-0.2, -0.15) is 4.39 Å². The lowest BCUT2D eigenvalue weighted by Crippen LogP contribution is -1.91. The number of phenols is 1. The Labute approximate surface area is 92.0 Å². The van der Waals surface area contributed by atoms with E-state index in [4.69, 9.17) is 5.11 Å². The number of hydrogen-bond acceptors (Lipinski definition) is 1. The Bertz CT molecular complexity index is 535. The highest BCUT2D eigenvalue weighted by atomic mass is 19.2. The van der Waals surface area contributed by atoms with Crippen molar-refractivity contribution in [3.8, 4) is 16.9 Å². The smallest absolute Gasteiger partial charge is 0.200 e. The molecule has 0 unspecified atom stereocenters. The van der Waals surface area contributed by atoms with Crippen molar-refractivity contribution in [2.45, 2.75) is 6.92 Å². The Morgan fingerprint density at radius 1 is 0.875 bits per heavy atom. The SMILES string of the molecule is Cc1ccccc1-c1ccc(O)c(F)c1F. The molecule has 0 heterocycles. The van der Waals surface area contributed by atoms with Crippen LogP contribution in [0.15, 0.2) is 36.4 Å². The average molecular weight is 220 g/mol. The third kappa shape index (κ3) is 1.65. The van der Waals surface area contributed by atoms with Crippen LogP contribution in [0.3, 0.4) is 0 Å². The second-order valence-electron chi connectivity index (χ2n) is 3.58. The second-order valence-corrected chi connectivity index (χ2v) is 3.58. The number of benzene rings is 2. The van der Waals surface area contributed by atoms with E-state index >= 15 is 0 Å². The maximum absolute atomic E-state index is 13.6. The van der Waals surface area contributed by atoms with Crippen molar-refractivity contribution >= 4 is 0 Å². The first-order chi connectivity index (χ1) is 7.61. The first-order valence-corrected chi connectivity index (χ1v) is 4.84. The Balaban J connectivity index is 2.66. The van der Waals surface area contributed by atoms with Crippen molar-refractivity contribution in [1.82, 2.24) is 0 Å². The maximum Gasteiger partial charge on any atom is 0.200 e. The molecule has 16 heavy (non-hydrogen) atoms. The molecule has 2 rings (SSSR count). The Kier molecular flexibility index (Phi) is 2.60. The third-order valence-electron chi connectivity index (χ3n) is 2.50. The summed E-state index contributed by atoms with van der Waals surface area (Å²) in [5.74, 6) is -2.90. The van der Waals surface area contributed by atoms with E-state index in [0.717, 1.165) is 11.6 Å². The van der Waals surface area contributed by atoms with Crippen molar-refractivity contribution in [3.05, 3.63) is 53.6 Å². The van der Waals surface area contributed by atoms with Crippen molar-refractivity contribution in [2.75, 3.05) is 0 Å². The van der Waals surface area contributed by atoms with Gasteiger partial charge in [0.25, 0.3) is 0 Å². The first-order valence-electron chi connectivity index (χ1n) is 4.84. The van der Waals surface area contributed by atoms with Gasteiger partial charge in [-0.1, -0.05) is 24.3 Å². The lowest BCUT2D eigenvalue weighted by atomic mass is 10.00. The largest absolute Gasteiger partial charge is 0.505 e. The molecular weight excluding hydrogens is 210 g/mol. The molecule has 1 N–H and O–H groups in total. The Hall–Kier alpha value is -1.90. The summed E-state index contributed by atoms with van der Waals surface area (Å²) in [6.07, 6.45) is 0. The molecule has 0 aliphatic carbocycles. The highest BCUT2D eigenvalue weighted by molar-refractivity contribution is 5.68. The minimum Gasteiger partial charge on any atom is -0.505 e. The molecule has 0 bridgehead atoms. The number of halogens is 2. The van der Waals surface area contributed by atoms with E-state index in [9.17, 15) is 8.78 Å². The predicted octanol–water partition coefficient (Wildman–Crippen LogP) is 3.65. The molecule has 0 aliphatic rings. The van der Waals surface area contributed by atoms with E-state index in [1.807, 2.05) is 19.1 Å². The number of aryl methyl sites for hydroxylation is 1. The fourth-order valence-corrected chi connectivity index (χ4v) is 1.62. The highest BCUT2D eigenvalue weighted by Gasteiger charge is 2.14. The topological polar surface area (TPSA) is 20.2 Å². The first kappa shape index (κ1) is 10.6. The lowest BCUT2D eigenvalue weighted by molar-refractivity contribution is 0.408. The van der Waals surface area contributed by atoms with Gasteiger partial charge in [0.2, 0.25) is 5.82 Å². The van der Waals surface area contributed by atoms with E-state index in [2.05, 4.69) is 0 Å². The number of hydrogen-bond donors (Lipinski definition) is 1. The van der Waals surface area contributed by atoms with Crippen molar-refractivity contribution in [2.24, 2.45) is 0 Å². The van der Waals surface area contributed by atoms with E-state index in [0.29, 0.717) is 5.56 Å². The summed E-state index contributed by atoms with van der Waals surface area (Å²) in [4.78, 5) is 0. The molecular formula is C13H10F2O. The van der Waals surface area contributed by atoms with Crippen LogP contribution in [0.25, 0.3) is 11.1 Å². The zero-order chi connectivity index (χ0) is 11.7. The molecule has 0 atom stereocenters. The lowest BCUT2D eigenvalue weighted by Gasteiger charge is -2.08. The minimum absolute atomic E-state index is 0.161. The summed E-state index contributed by atoms with van der Waals surface area (Å²) in [6, 6.07) is 9.64. The molecule has 0 radical (unpaired) electrons. The Morgan fingerprint density at radius 2 is 1.56 bits per heavy atom. The van der Waals surface area contributed by atoms with Gasteiger partial charge in [-0.3, -0.25) is 0 Å². The van der Waals surface area contributed by atoms with Crippen LogP contribution in [0.4, 0.5) is 8.78 Å². The summed E-state index contributed by atoms with van der Waals surface area (Å²) in [5.41, 5.74) is 1.64. The van der Waals surface area contributed by atoms with Crippen molar-refractivity contribution < 1.29 is 13.9 Å². The van der Waals surface area contributed by atoms with E-state index in [1.165, 1.54) is 6.07 Å². The van der Waals surface area contributed by atoms with E-state index in [1.54, 1.807) is 12.1 Å². The van der Waals surface area contributed by atoms with Gasteiger partial charge in [-0.25, -0.2) is 4.39 Å². The van der Waals surface area contributed by atoms with Gasteiger partial charge in [-0.05, 0) is 30.2 Å². The molecule has 2 aromatic rings. The fraction of sp³-hybridized carbons (Fsp3) is 0.0769. The summed E-state index contributed by atoms with van der Waals surface area (Å²) in [7, 11) is 0. The van der Waals surface area contributed by atoms with Gasteiger partial charge in [0.05, 0.1) is 0 Å². The van der Waals surface area contributed by atoms with Crippen LogP contribution in [0, 0.1) is 18.6 Å². The zero-order valence-corrected chi connectivity index (χ0v) is 8.67. The van der Waals surface area contributed by atoms with Crippen LogP contribution < -0.4 is 0 Å². The number of aromatic hydroxyl groups is 1. The van der Waals surface area contributed by atoms with Gasteiger partial charge in [0.1, 0.15) is 0 Å².